The molecule has 1 heterocycles. The summed E-state index contributed by atoms with van der Waals surface area (Å²) >= 11 is 1.72. The molecule has 4 nitrogen and oxygen atoms in total. The molecule has 2 amide bonds. The molecular formula is C23H30N2O2S. The number of aryl methyl sites for hydroxylation is 1. The van der Waals surface area contributed by atoms with Crippen LogP contribution in [0.15, 0.2) is 42.5 Å². The van der Waals surface area contributed by atoms with E-state index in [1.807, 2.05) is 49.1 Å². The molecule has 0 atom stereocenters. The number of nitrogens with zero attached hydrogens (tertiary/aromatic N) is 2. The molecule has 3 rings (SSSR count). The lowest BCUT2D eigenvalue weighted by atomic mass is 9.84. The Morgan fingerprint density at radius 3 is 2.32 bits per heavy atom. The summed E-state index contributed by atoms with van der Waals surface area (Å²) < 4.78 is 0. The second-order valence-electron chi connectivity index (χ2n) is 7.94. The first-order valence-electron chi connectivity index (χ1n) is 10.1. The van der Waals surface area contributed by atoms with Crippen LogP contribution in [0.2, 0.25) is 0 Å². The monoisotopic (exact) mass is 398 g/mol. The van der Waals surface area contributed by atoms with Gasteiger partial charge in [-0.3, -0.25) is 9.59 Å². The number of amides is 2. The molecule has 2 aromatic rings. The summed E-state index contributed by atoms with van der Waals surface area (Å²) in [6, 6.07) is 14.3. The molecule has 0 spiro atoms. The number of carbonyl (C=O) groups excluding carboxylic acids is 2. The molecule has 0 radical (unpaired) electrons. The van der Waals surface area contributed by atoms with Crippen LogP contribution in [-0.4, -0.2) is 34.2 Å². The third-order valence-electron chi connectivity index (χ3n) is 5.38. The summed E-state index contributed by atoms with van der Waals surface area (Å²) in [5.74, 6) is 0.259. The Hall–Kier alpha value is -2.14. The van der Waals surface area contributed by atoms with Gasteiger partial charge >= 0.3 is 0 Å². The quantitative estimate of drug-likeness (QED) is 0.651. The van der Waals surface area contributed by atoms with Crippen molar-refractivity contribution in [1.82, 2.24) is 9.80 Å². The topological polar surface area (TPSA) is 40.6 Å². The molecule has 1 saturated carbocycles. The van der Waals surface area contributed by atoms with Crippen LogP contribution >= 0.6 is 11.3 Å². The number of hydrogen-bond acceptors (Lipinski definition) is 3. The lowest BCUT2D eigenvalue weighted by Gasteiger charge is -2.35. The van der Waals surface area contributed by atoms with E-state index < -0.39 is 0 Å². The summed E-state index contributed by atoms with van der Waals surface area (Å²) in [6.07, 6.45) is 3.03. The van der Waals surface area contributed by atoms with Crippen LogP contribution in [0.1, 0.15) is 48.4 Å². The SMILES string of the molecule is Cc1ccc(CN(Cc2ccccc2)C(=O)CN(C(=O)C2CCC2)C(C)C)s1. The molecular weight excluding hydrogens is 368 g/mol. The van der Waals surface area contributed by atoms with Crippen molar-refractivity contribution in [3.8, 4) is 0 Å². The van der Waals surface area contributed by atoms with Crippen molar-refractivity contribution in [2.45, 2.75) is 59.2 Å². The maximum atomic E-state index is 13.2. The van der Waals surface area contributed by atoms with Gasteiger partial charge in [0.15, 0.2) is 0 Å². The van der Waals surface area contributed by atoms with E-state index in [9.17, 15) is 9.59 Å². The molecule has 28 heavy (non-hydrogen) atoms. The van der Waals surface area contributed by atoms with Crippen LogP contribution in [0, 0.1) is 12.8 Å². The maximum Gasteiger partial charge on any atom is 0.242 e. The number of thiophene rings is 1. The molecule has 0 aliphatic heterocycles. The van der Waals surface area contributed by atoms with Crippen molar-refractivity contribution in [1.29, 1.82) is 0 Å². The summed E-state index contributed by atoms with van der Waals surface area (Å²) in [4.78, 5) is 32.1. The highest BCUT2D eigenvalue weighted by Gasteiger charge is 2.32. The molecule has 0 unspecified atom stereocenters. The lowest BCUT2D eigenvalue weighted by molar-refractivity contribution is -0.146. The van der Waals surface area contributed by atoms with Crippen molar-refractivity contribution >= 4 is 23.2 Å². The smallest absolute Gasteiger partial charge is 0.242 e. The Bertz CT molecular complexity index is 796. The number of carbonyl (C=O) groups is 2. The third-order valence-corrected chi connectivity index (χ3v) is 6.36. The average Bonchev–Trinajstić information content (AvgIpc) is 3.02. The van der Waals surface area contributed by atoms with Gasteiger partial charge in [-0.15, -0.1) is 11.3 Å². The second kappa shape index (κ2) is 9.37. The first-order valence-corrected chi connectivity index (χ1v) is 10.9. The van der Waals surface area contributed by atoms with E-state index in [0.29, 0.717) is 13.1 Å². The fraction of sp³-hybridized carbons (Fsp3) is 0.478. The van der Waals surface area contributed by atoms with Gasteiger partial charge in [0.2, 0.25) is 11.8 Å². The van der Waals surface area contributed by atoms with E-state index in [1.165, 1.54) is 9.75 Å². The fourth-order valence-corrected chi connectivity index (χ4v) is 4.35. The minimum atomic E-state index is 0.0104. The van der Waals surface area contributed by atoms with Crippen molar-refractivity contribution in [2.24, 2.45) is 5.92 Å². The van der Waals surface area contributed by atoms with Crippen molar-refractivity contribution < 1.29 is 9.59 Å². The van der Waals surface area contributed by atoms with E-state index >= 15 is 0 Å². The Kier molecular flexibility index (Phi) is 6.89. The Morgan fingerprint density at radius 1 is 1.07 bits per heavy atom. The highest BCUT2D eigenvalue weighted by Crippen LogP contribution is 2.29. The maximum absolute atomic E-state index is 13.2. The molecule has 0 saturated heterocycles. The molecule has 5 heteroatoms. The van der Waals surface area contributed by atoms with Gasteiger partial charge in [-0.25, -0.2) is 0 Å². The van der Waals surface area contributed by atoms with Gasteiger partial charge in [0.25, 0.3) is 0 Å². The fourth-order valence-electron chi connectivity index (χ4n) is 3.44. The summed E-state index contributed by atoms with van der Waals surface area (Å²) in [5.41, 5.74) is 1.10. The van der Waals surface area contributed by atoms with E-state index in [0.717, 1.165) is 24.8 Å². The van der Waals surface area contributed by atoms with Crippen LogP contribution in [0.3, 0.4) is 0 Å². The molecule has 1 aromatic carbocycles. The van der Waals surface area contributed by atoms with E-state index in [1.54, 1.807) is 16.2 Å². The number of benzene rings is 1. The number of rotatable bonds is 8. The molecule has 1 aliphatic carbocycles. The van der Waals surface area contributed by atoms with Crippen molar-refractivity contribution in [3.63, 3.8) is 0 Å². The first-order chi connectivity index (χ1) is 13.4. The molecule has 1 aliphatic rings. The van der Waals surface area contributed by atoms with Crippen LogP contribution < -0.4 is 0 Å². The predicted molar refractivity (Wildman–Crippen MR) is 114 cm³/mol. The van der Waals surface area contributed by atoms with Gasteiger partial charge in [-0.1, -0.05) is 36.8 Å². The van der Waals surface area contributed by atoms with Crippen LogP contribution in [0.4, 0.5) is 0 Å². The minimum absolute atomic E-state index is 0.0104. The normalized spacial score (nSPS) is 14.0. The van der Waals surface area contributed by atoms with Gasteiger partial charge in [0.05, 0.1) is 6.54 Å². The van der Waals surface area contributed by atoms with Crippen LogP contribution in [0.5, 0.6) is 0 Å². The highest BCUT2D eigenvalue weighted by molar-refractivity contribution is 7.11. The largest absolute Gasteiger partial charge is 0.332 e. The van der Waals surface area contributed by atoms with Gasteiger partial charge < -0.3 is 9.80 Å². The predicted octanol–water partition coefficient (Wildman–Crippen LogP) is 4.62. The van der Waals surface area contributed by atoms with Crippen molar-refractivity contribution in [2.75, 3.05) is 6.54 Å². The number of hydrogen-bond donors (Lipinski definition) is 0. The van der Waals surface area contributed by atoms with Gasteiger partial charge in [0, 0.05) is 28.3 Å². The Morgan fingerprint density at radius 2 is 1.79 bits per heavy atom. The molecule has 150 valence electrons. The van der Waals surface area contributed by atoms with Crippen LogP contribution in [-0.2, 0) is 22.7 Å². The van der Waals surface area contributed by atoms with Gasteiger partial charge in [-0.2, -0.15) is 0 Å². The van der Waals surface area contributed by atoms with E-state index in [2.05, 4.69) is 19.1 Å². The third kappa shape index (κ3) is 5.22. The summed E-state index contributed by atoms with van der Waals surface area (Å²) in [5, 5.41) is 0. The Labute approximate surface area is 172 Å². The van der Waals surface area contributed by atoms with Crippen molar-refractivity contribution in [3.05, 3.63) is 57.8 Å². The zero-order valence-electron chi connectivity index (χ0n) is 17.1. The van der Waals surface area contributed by atoms with Gasteiger partial charge in [-0.05, 0) is 51.3 Å². The highest BCUT2D eigenvalue weighted by atomic mass is 32.1. The molecule has 0 bridgehead atoms. The van der Waals surface area contributed by atoms with Crippen LogP contribution in [0.25, 0.3) is 0 Å². The van der Waals surface area contributed by atoms with Gasteiger partial charge in [0.1, 0.15) is 6.54 Å². The lowest BCUT2D eigenvalue weighted by Crippen LogP contribution is -2.48. The first kappa shape index (κ1) is 20.6. The molecule has 1 aromatic heterocycles. The van der Waals surface area contributed by atoms with E-state index in [4.69, 9.17) is 0 Å². The zero-order chi connectivity index (χ0) is 20.1. The zero-order valence-corrected chi connectivity index (χ0v) is 17.9. The molecule has 0 N–H and O–H groups in total. The minimum Gasteiger partial charge on any atom is -0.332 e. The average molecular weight is 399 g/mol. The van der Waals surface area contributed by atoms with E-state index in [-0.39, 0.29) is 30.3 Å². The summed E-state index contributed by atoms with van der Waals surface area (Å²) in [7, 11) is 0. The summed E-state index contributed by atoms with van der Waals surface area (Å²) in [6.45, 7) is 7.36. The second-order valence-corrected chi connectivity index (χ2v) is 9.31. The standard InChI is InChI=1S/C23H30N2O2S/c1-17(2)25(23(27)20-10-7-11-20)16-22(26)24(14-19-8-5-4-6-9-19)15-21-13-12-18(3)28-21/h4-6,8-9,12-13,17,20H,7,10-11,14-16H2,1-3H3. The molecule has 1 fully saturated rings. The Balaban J connectivity index is 1.74.